The first kappa shape index (κ1) is 13.6. The van der Waals surface area contributed by atoms with Crippen molar-refractivity contribution < 1.29 is 8.42 Å². The molecule has 0 amide bonds. The average molecular weight is 301 g/mol. The van der Waals surface area contributed by atoms with E-state index in [4.69, 9.17) is 0 Å². The summed E-state index contributed by atoms with van der Waals surface area (Å²) in [6, 6.07) is 12.7. The minimum absolute atomic E-state index is 0.300. The quantitative estimate of drug-likeness (QED) is 0.803. The monoisotopic (exact) mass is 301 g/mol. The van der Waals surface area contributed by atoms with E-state index >= 15 is 0 Å². The zero-order valence-electron chi connectivity index (χ0n) is 11.5. The Labute approximate surface area is 123 Å². The van der Waals surface area contributed by atoms with Crippen LogP contribution in [-0.2, 0) is 16.4 Å². The molecule has 0 atom stereocenters. The van der Waals surface area contributed by atoms with Crippen molar-refractivity contribution in [2.24, 2.45) is 0 Å². The Morgan fingerprint density at radius 3 is 2.67 bits per heavy atom. The van der Waals surface area contributed by atoms with Gasteiger partial charge in [0.1, 0.15) is 5.65 Å². The average Bonchev–Trinajstić information content (AvgIpc) is 2.87. The lowest BCUT2D eigenvalue weighted by atomic mass is 10.3. The third-order valence-electron chi connectivity index (χ3n) is 3.16. The van der Waals surface area contributed by atoms with E-state index in [1.54, 1.807) is 24.3 Å². The number of imidazole rings is 1. The van der Waals surface area contributed by atoms with E-state index in [1.165, 1.54) is 6.26 Å². The van der Waals surface area contributed by atoms with Gasteiger partial charge >= 0.3 is 0 Å². The van der Waals surface area contributed by atoms with Gasteiger partial charge in [0.05, 0.1) is 22.8 Å². The fraction of sp³-hybridized carbons (Fsp3) is 0.133. The molecule has 1 aromatic carbocycles. The van der Waals surface area contributed by atoms with E-state index in [0.717, 1.165) is 11.3 Å². The molecule has 2 aromatic heterocycles. The lowest BCUT2D eigenvalue weighted by Crippen LogP contribution is -2.06. The van der Waals surface area contributed by atoms with Crippen molar-refractivity contribution in [2.75, 3.05) is 11.6 Å². The molecule has 0 fully saturated rings. The van der Waals surface area contributed by atoms with Gasteiger partial charge in [-0.15, -0.1) is 0 Å². The summed E-state index contributed by atoms with van der Waals surface area (Å²) in [5, 5.41) is 3.14. The Bertz CT molecular complexity index is 852. The summed E-state index contributed by atoms with van der Waals surface area (Å²) < 4.78 is 25.4. The highest BCUT2D eigenvalue weighted by atomic mass is 32.2. The summed E-state index contributed by atoms with van der Waals surface area (Å²) in [5.74, 6) is 0. The number of para-hydroxylation sites is 1. The fourth-order valence-corrected chi connectivity index (χ4v) is 3.06. The van der Waals surface area contributed by atoms with Crippen molar-refractivity contribution in [3.05, 3.63) is 60.6 Å². The molecule has 2 heterocycles. The van der Waals surface area contributed by atoms with Crippen molar-refractivity contribution in [1.29, 1.82) is 0 Å². The molecule has 0 unspecified atom stereocenters. The van der Waals surface area contributed by atoms with Gasteiger partial charge in [0.15, 0.2) is 9.84 Å². The Balaban J connectivity index is 1.85. The van der Waals surface area contributed by atoms with Crippen molar-refractivity contribution in [2.45, 2.75) is 11.4 Å². The first-order valence-electron chi connectivity index (χ1n) is 6.49. The number of aromatic nitrogens is 2. The van der Waals surface area contributed by atoms with Crippen LogP contribution in [0.1, 0.15) is 5.69 Å². The highest BCUT2D eigenvalue weighted by Gasteiger charge is 2.12. The molecular weight excluding hydrogens is 286 g/mol. The maximum atomic E-state index is 11.7. The first-order valence-corrected chi connectivity index (χ1v) is 8.39. The van der Waals surface area contributed by atoms with E-state index in [2.05, 4.69) is 10.3 Å². The number of sulfone groups is 1. The second-order valence-electron chi connectivity index (χ2n) is 4.82. The minimum Gasteiger partial charge on any atom is -0.378 e. The van der Waals surface area contributed by atoms with Crippen LogP contribution in [0.2, 0.25) is 0 Å². The zero-order valence-corrected chi connectivity index (χ0v) is 12.3. The lowest BCUT2D eigenvalue weighted by molar-refractivity contribution is 0.602. The normalized spacial score (nSPS) is 11.7. The van der Waals surface area contributed by atoms with Gasteiger partial charge in [-0.3, -0.25) is 0 Å². The topological polar surface area (TPSA) is 63.5 Å². The maximum Gasteiger partial charge on any atom is 0.177 e. The van der Waals surface area contributed by atoms with E-state index in [9.17, 15) is 8.42 Å². The summed E-state index contributed by atoms with van der Waals surface area (Å²) in [7, 11) is -3.25. The van der Waals surface area contributed by atoms with Gasteiger partial charge in [-0.1, -0.05) is 18.2 Å². The number of hydrogen-bond acceptors (Lipinski definition) is 4. The van der Waals surface area contributed by atoms with Crippen molar-refractivity contribution in [3.63, 3.8) is 0 Å². The molecule has 5 nitrogen and oxygen atoms in total. The SMILES string of the molecule is CS(=O)(=O)c1ccccc1NCc1cn2ccccc2n1. The number of pyridine rings is 1. The minimum atomic E-state index is -3.25. The van der Waals surface area contributed by atoms with E-state index in [1.807, 2.05) is 35.0 Å². The predicted octanol–water partition coefficient (Wildman–Crippen LogP) is 2.35. The third-order valence-corrected chi connectivity index (χ3v) is 4.32. The molecule has 3 rings (SSSR count). The molecule has 21 heavy (non-hydrogen) atoms. The predicted molar refractivity (Wildman–Crippen MR) is 82.1 cm³/mol. The number of anilines is 1. The van der Waals surface area contributed by atoms with E-state index in [-0.39, 0.29) is 0 Å². The molecule has 0 bridgehead atoms. The van der Waals surface area contributed by atoms with Gasteiger partial charge in [0.2, 0.25) is 0 Å². The largest absolute Gasteiger partial charge is 0.378 e. The molecule has 0 radical (unpaired) electrons. The van der Waals surface area contributed by atoms with Crippen LogP contribution in [0.5, 0.6) is 0 Å². The van der Waals surface area contributed by atoms with Crippen LogP contribution in [0, 0.1) is 0 Å². The number of nitrogens with one attached hydrogen (secondary N) is 1. The Kier molecular flexibility index (Phi) is 3.39. The van der Waals surface area contributed by atoms with Gasteiger partial charge in [0, 0.05) is 18.6 Å². The number of rotatable bonds is 4. The molecule has 108 valence electrons. The molecular formula is C15H15N3O2S. The maximum absolute atomic E-state index is 11.7. The molecule has 0 aliphatic rings. The second kappa shape index (κ2) is 5.21. The van der Waals surface area contributed by atoms with Gasteiger partial charge in [-0.25, -0.2) is 13.4 Å². The highest BCUT2D eigenvalue weighted by Crippen LogP contribution is 2.21. The first-order chi connectivity index (χ1) is 10.0. The van der Waals surface area contributed by atoms with Crippen LogP contribution in [0.4, 0.5) is 5.69 Å². The van der Waals surface area contributed by atoms with Crippen LogP contribution >= 0.6 is 0 Å². The van der Waals surface area contributed by atoms with Crippen LogP contribution in [-0.4, -0.2) is 24.1 Å². The Hall–Kier alpha value is -2.34. The summed E-state index contributed by atoms with van der Waals surface area (Å²) in [6.07, 6.45) is 5.06. The van der Waals surface area contributed by atoms with Crippen LogP contribution in [0.15, 0.2) is 59.8 Å². The molecule has 6 heteroatoms. The lowest BCUT2D eigenvalue weighted by Gasteiger charge is -2.09. The number of hydrogen-bond donors (Lipinski definition) is 1. The number of nitrogens with zero attached hydrogens (tertiary/aromatic N) is 2. The number of benzene rings is 1. The standard InChI is InChI=1S/C15H15N3O2S/c1-21(19,20)14-7-3-2-6-13(14)16-10-12-11-18-9-5-4-8-15(18)17-12/h2-9,11,16H,10H2,1H3. The van der Waals surface area contributed by atoms with E-state index < -0.39 is 9.84 Å². The van der Waals surface area contributed by atoms with Crippen molar-refractivity contribution in [3.8, 4) is 0 Å². The summed E-state index contributed by atoms with van der Waals surface area (Å²) >= 11 is 0. The summed E-state index contributed by atoms with van der Waals surface area (Å²) in [4.78, 5) is 4.77. The van der Waals surface area contributed by atoms with Crippen molar-refractivity contribution in [1.82, 2.24) is 9.38 Å². The van der Waals surface area contributed by atoms with Gasteiger partial charge < -0.3 is 9.72 Å². The van der Waals surface area contributed by atoms with Gasteiger partial charge in [-0.05, 0) is 24.3 Å². The Morgan fingerprint density at radius 1 is 1.14 bits per heavy atom. The molecule has 0 aliphatic heterocycles. The highest BCUT2D eigenvalue weighted by molar-refractivity contribution is 7.90. The molecule has 1 N–H and O–H groups in total. The van der Waals surface area contributed by atoms with Gasteiger partial charge in [-0.2, -0.15) is 0 Å². The Morgan fingerprint density at radius 2 is 1.90 bits per heavy atom. The van der Waals surface area contributed by atoms with Crippen LogP contribution < -0.4 is 5.32 Å². The third kappa shape index (κ3) is 2.90. The second-order valence-corrected chi connectivity index (χ2v) is 6.80. The van der Waals surface area contributed by atoms with Crippen molar-refractivity contribution >= 4 is 21.2 Å². The zero-order chi connectivity index (χ0) is 14.9. The van der Waals surface area contributed by atoms with Gasteiger partial charge in [0.25, 0.3) is 0 Å². The van der Waals surface area contributed by atoms with E-state index in [0.29, 0.717) is 17.1 Å². The molecule has 0 saturated heterocycles. The van der Waals surface area contributed by atoms with Crippen LogP contribution in [0.25, 0.3) is 5.65 Å². The molecule has 3 aromatic rings. The molecule has 0 spiro atoms. The molecule has 0 saturated carbocycles. The van der Waals surface area contributed by atoms with Crippen LogP contribution in [0.3, 0.4) is 0 Å². The smallest absolute Gasteiger partial charge is 0.177 e. The summed E-state index contributed by atoms with van der Waals surface area (Å²) in [6.45, 7) is 0.466. The number of fused-ring (bicyclic) bond motifs is 1. The molecule has 0 aliphatic carbocycles. The fourth-order valence-electron chi connectivity index (χ4n) is 2.19. The summed E-state index contributed by atoms with van der Waals surface area (Å²) in [5.41, 5.74) is 2.31.